The van der Waals surface area contributed by atoms with E-state index in [2.05, 4.69) is 37.4 Å². The number of nitrogen functional groups attached to an aromatic ring is 1. The van der Waals surface area contributed by atoms with Crippen molar-refractivity contribution in [3.05, 3.63) is 11.5 Å². The zero-order valence-corrected chi connectivity index (χ0v) is 11.4. The SMILES string of the molecule is COC(=O)c1nc(C)n(C(C)C(C)(C)C)c1N. The molecule has 0 fully saturated rings. The van der Waals surface area contributed by atoms with Crippen LogP contribution in [0.5, 0.6) is 0 Å². The van der Waals surface area contributed by atoms with Crippen molar-refractivity contribution in [1.82, 2.24) is 9.55 Å². The van der Waals surface area contributed by atoms with Crippen LogP contribution in [0.2, 0.25) is 0 Å². The summed E-state index contributed by atoms with van der Waals surface area (Å²) in [5.74, 6) is 0.604. The number of methoxy groups -OCH3 is 1. The van der Waals surface area contributed by atoms with Gasteiger partial charge in [-0.3, -0.25) is 0 Å². The molecule has 0 aromatic carbocycles. The van der Waals surface area contributed by atoms with Gasteiger partial charge in [0, 0.05) is 6.04 Å². The van der Waals surface area contributed by atoms with E-state index in [1.807, 2.05) is 11.5 Å². The minimum atomic E-state index is -0.495. The first kappa shape index (κ1) is 13.5. The Morgan fingerprint density at radius 2 is 2.00 bits per heavy atom. The number of nitrogens with zero attached hydrogens (tertiary/aromatic N) is 2. The predicted molar refractivity (Wildman–Crippen MR) is 66.9 cm³/mol. The van der Waals surface area contributed by atoms with Gasteiger partial charge < -0.3 is 15.0 Å². The lowest BCUT2D eigenvalue weighted by Gasteiger charge is -2.30. The average molecular weight is 239 g/mol. The number of aryl methyl sites for hydroxylation is 1. The van der Waals surface area contributed by atoms with Crippen molar-refractivity contribution in [3.8, 4) is 0 Å². The molecule has 0 saturated carbocycles. The number of hydrogen-bond donors (Lipinski definition) is 1. The highest BCUT2D eigenvalue weighted by molar-refractivity contribution is 5.92. The molecule has 17 heavy (non-hydrogen) atoms. The molecule has 1 atom stereocenters. The first-order chi connectivity index (χ1) is 7.70. The molecule has 0 aliphatic heterocycles. The molecule has 1 heterocycles. The van der Waals surface area contributed by atoms with Crippen LogP contribution in [0.3, 0.4) is 0 Å². The van der Waals surface area contributed by atoms with Crippen LogP contribution in [-0.4, -0.2) is 22.6 Å². The van der Waals surface area contributed by atoms with Crippen LogP contribution in [0, 0.1) is 12.3 Å². The molecule has 1 rings (SSSR count). The van der Waals surface area contributed by atoms with Crippen LogP contribution in [0.25, 0.3) is 0 Å². The number of nitrogens with two attached hydrogens (primary N) is 1. The molecule has 5 nitrogen and oxygen atoms in total. The largest absolute Gasteiger partial charge is 0.464 e. The van der Waals surface area contributed by atoms with E-state index in [1.165, 1.54) is 7.11 Å². The van der Waals surface area contributed by atoms with Crippen molar-refractivity contribution in [3.63, 3.8) is 0 Å². The smallest absolute Gasteiger partial charge is 0.360 e. The van der Waals surface area contributed by atoms with Gasteiger partial charge in [-0.05, 0) is 19.3 Å². The Balaban J connectivity index is 3.28. The monoisotopic (exact) mass is 239 g/mol. The summed E-state index contributed by atoms with van der Waals surface area (Å²) in [7, 11) is 1.32. The molecule has 5 heteroatoms. The number of anilines is 1. The second-order valence-corrected chi connectivity index (χ2v) is 5.30. The Morgan fingerprint density at radius 3 is 2.41 bits per heavy atom. The molecular formula is C12H21N3O2. The summed E-state index contributed by atoms with van der Waals surface area (Å²) >= 11 is 0. The molecule has 0 radical (unpaired) electrons. The maximum absolute atomic E-state index is 11.5. The zero-order chi connectivity index (χ0) is 13.4. The topological polar surface area (TPSA) is 70.1 Å². The molecular weight excluding hydrogens is 218 g/mol. The third-order valence-corrected chi connectivity index (χ3v) is 3.14. The number of imidazole rings is 1. The Labute approximate surface area is 102 Å². The Kier molecular flexibility index (Phi) is 3.50. The maximum atomic E-state index is 11.5. The van der Waals surface area contributed by atoms with Crippen LogP contribution in [0.1, 0.15) is 50.0 Å². The lowest BCUT2D eigenvalue weighted by Crippen LogP contribution is -2.24. The summed E-state index contributed by atoms with van der Waals surface area (Å²) in [5.41, 5.74) is 6.21. The van der Waals surface area contributed by atoms with E-state index >= 15 is 0 Å². The van der Waals surface area contributed by atoms with E-state index in [0.717, 1.165) is 5.82 Å². The van der Waals surface area contributed by atoms with E-state index in [4.69, 9.17) is 5.73 Å². The summed E-state index contributed by atoms with van der Waals surface area (Å²) in [5, 5.41) is 0. The normalized spacial score (nSPS) is 13.5. The van der Waals surface area contributed by atoms with Gasteiger partial charge in [0.25, 0.3) is 0 Å². The van der Waals surface area contributed by atoms with Gasteiger partial charge >= 0.3 is 5.97 Å². The third kappa shape index (κ3) is 2.43. The van der Waals surface area contributed by atoms with Crippen LogP contribution < -0.4 is 5.73 Å². The van der Waals surface area contributed by atoms with Crippen LogP contribution >= 0.6 is 0 Å². The molecule has 0 spiro atoms. The predicted octanol–water partition coefficient (Wildman–Crippen LogP) is 2.17. The van der Waals surface area contributed by atoms with Gasteiger partial charge in [-0.1, -0.05) is 20.8 Å². The van der Waals surface area contributed by atoms with Crippen molar-refractivity contribution >= 4 is 11.8 Å². The molecule has 1 unspecified atom stereocenters. The van der Waals surface area contributed by atoms with E-state index in [0.29, 0.717) is 5.82 Å². The number of rotatable bonds is 2. The van der Waals surface area contributed by atoms with Gasteiger partial charge in [0.2, 0.25) is 0 Å². The van der Waals surface area contributed by atoms with Crippen molar-refractivity contribution in [2.24, 2.45) is 5.41 Å². The summed E-state index contributed by atoms with van der Waals surface area (Å²) in [6.45, 7) is 10.3. The quantitative estimate of drug-likeness (QED) is 0.803. The van der Waals surface area contributed by atoms with Gasteiger partial charge in [-0.15, -0.1) is 0 Å². The molecule has 0 aliphatic rings. The third-order valence-electron chi connectivity index (χ3n) is 3.14. The van der Waals surface area contributed by atoms with E-state index in [-0.39, 0.29) is 17.2 Å². The molecule has 0 amide bonds. The standard InChI is InChI=1S/C12H21N3O2/c1-7(12(3,4)5)15-8(2)14-9(10(15)13)11(16)17-6/h7H,13H2,1-6H3. The number of carbonyl (C=O) groups excluding carboxylic acids is 1. The van der Waals surface area contributed by atoms with Crippen molar-refractivity contribution in [2.45, 2.75) is 40.7 Å². The summed E-state index contributed by atoms with van der Waals surface area (Å²) in [6, 6.07) is 0.147. The minimum Gasteiger partial charge on any atom is -0.464 e. The highest BCUT2D eigenvalue weighted by atomic mass is 16.5. The minimum absolute atomic E-state index is 0.0347. The highest BCUT2D eigenvalue weighted by Gasteiger charge is 2.28. The zero-order valence-electron chi connectivity index (χ0n) is 11.4. The number of hydrogen-bond acceptors (Lipinski definition) is 4. The van der Waals surface area contributed by atoms with Crippen molar-refractivity contribution < 1.29 is 9.53 Å². The molecule has 1 aromatic heterocycles. The highest BCUT2D eigenvalue weighted by Crippen LogP contribution is 2.33. The van der Waals surface area contributed by atoms with Gasteiger partial charge in [0.1, 0.15) is 11.6 Å². The van der Waals surface area contributed by atoms with Gasteiger partial charge in [-0.25, -0.2) is 9.78 Å². The van der Waals surface area contributed by atoms with E-state index < -0.39 is 5.97 Å². The first-order valence-electron chi connectivity index (χ1n) is 5.62. The number of ether oxygens (including phenoxy) is 1. The molecule has 0 aliphatic carbocycles. The van der Waals surface area contributed by atoms with Gasteiger partial charge in [-0.2, -0.15) is 0 Å². The Hall–Kier alpha value is -1.52. The molecule has 2 N–H and O–H groups in total. The lowest BCUT2D eigenvalue weighted by atomic mass is 9.88. The van der Waals surface area contributed by atoms with Gasteiger partial charge in [0.05, 0.1) is 7.11 Å². The Morgan fingerprint density at radius 1 is 1.47 bits per heavy atom. The van der Waals surface area contributed by atoms with Crippen molar-refractivity contribution in [2.75, 3.05) is 12.8 Å². The van der Waals surface area contributed by atoms with Crippen LogP contribution in [-0.2, 0) is 4.74 Å². The molecule has 0 bridgehead atoms. The second-order valence-electron chi connectivity index (χ2n) is 5.30. The van der Waals surface area contributed by atoms with E-state index in [1.54, 1.807) is 0 Å². The summed E-state index contributed by atoms with van der Waals surface area (Å²) in [6.07, 6.45) is 0. The fraction of sp³-hybridized carbons (Fsp3) is 0.667. The number of esters is 1. The number of aromatic nitrogens is 2. The van der Waals surface area contributed by atoms with Crippen molar-refractivity contribution in [1.29, 1.82) is 0 Å². The fourth-order valence-corrected chi connectivity index (χ4v) is 1.68. The second kappa shape index (κ2) is 4.39. The Bertz CT molecular complexity index is 430. The molecule has 96 valence electrons. The summed E-state index contributed by atoms with van der Waals surface area (Å²) in [4.78, 5) is 15.7. The maximum Gasteiger partial charge on any atom is 0.360 e. The fourth-order valence-electron chi connectivity index (χ4n) is 1.68. The molecule has 1 aromatic rings. The van der Waals surface area contributed by atoms with Crippen LogP contribution in [0.15, 0.2) is 0 Å². The van der Waals surface area contributed by atoms with Crippen LogP contribution in [0.4, 0.5) is 5.82 Å². The van der Waals surface area contributed by atoms with E-state index in [9.17, 15) is 4.79 Å². The van der Waals surface area contributed by atoms with Gasteiger partial charge in [0.15, 0.2) is 5.69 Å². The lowest BCUT2D eigenvalue weighted by molar-refractivity contribution is 0.0595. The molecule has 0 saturated heterocycles. The average Bonchev–Trinajstić information content (AvgIpc) is 2.51. The number of carbonyl (C=O) groups is 1. The summed E-state index contributed by atoms with van der Waals surface area (Å²) < 4.78 is 6.54. The first-order valence-corrected chi connectivity index (χ1v) is 5.62.